The number of aromatic nitrogens is 1. The average Bonchev–Trinajstić information content (AvgIpc) is 2.95. The first kappa shape index (κ1) is 16.2. The van der Waals surface area contributed by atoms with Crippen molar-refractivity contribution in [3.63, 3.8) is 0 Å². The van der Waals surface area contributed by atoms with E-state index in [2.05, 4.69) is 10.3 Å². The Bertz CT molecular complexity index is 518. The second kappa shape index (κ2) is 7.18. The number of halogens is 2. The van der Waals surface area contributed by atoms with Crippen LogP contribution in [0.3, 0.4) is 0 Å². The molecule has 0 atom stereocenters. The Morgan fingerprint density at radius 1 is 1.38 bits per heavy atom. The summed E-state index contributed by atoms with van der Waals surface area (Å²) in [5.41, 5.74) is 0. The highest BCUT2D eigenvalue weighted by Crippen LogP contribution is 2.31. The third kappa shape index (κ3) is 3.92. The van der Waals surface area contributed by atoms with Crippen molar-refractivity contribution < 1.29 is 4.79 Å². The third-order valence-electron chi connectivity index (χ3n) is 3.45. The summed E-state index contributed by atoms with van der Waals surface area (Å²) in [7, 11) is 1.81. The summed E-state index contributed by atoms with van der Waals surface area (Å²) in [4.78, 5) is 20.3. The topological polar surface area (TPSA) is 48.5 Å². The molecule has 0 bridgehead atoms. The van der Waals surface area contributed by atoms with Crippen LogP contribution in [0.5, 0.6) is 0 Å². The standard InChI is InChI=1S/C14H20Cl2N4O/c1-3-17-13-10(15)8-11(16)14(18-13)19(2)9-12(21)20-6-4-5-7-20/h8H,3-7,9H2,1-2H3,(H,17,18). The molecule has 1 fully saturated rings. The van der Waals surface area contributed by atoms with Gasteiger partial charge in [-0.1, -0.05) is 23.2 Å². The number of likely N-dealkylation sites (N-methyl/N-ethyl adjacent to an activating group) is 1. The maximum atomic E-state index is 12.2. The molecule has 1 aliphatic rings. The van der Waals surface area contributed by atoms with Crippen molar-refractivity contribution in [2.45, 2.75) is 19.8 Å². The summed E-state index contributed by atoms with van der Waals surface area (Å²) in [5, 5.41) is 4.00. The summed E-state index contributed by atoms with van der Waals surface area (Å²) in [5.74, 6) is 1.25. The summed E-state index contributed by atoms with van der Waals surface area (Å²) in [6.45, 7) is 4.63. The van der Waals surface area contributed by atoms with Gasteiger partial charge in [0.1, 0.15) is 11.6 Å². The molecule has 116 valence electrons. The number of nitrogens with zero attached hydrogens (tertiary/aromatic N) is 3. The number of likely N-dealkylation sites (tertiary alicyclic amines) is 1. The molecule has 1 N–H and O–H groups in total. The Morgan fingerprint density at radius 3 is 2.67 bits per heavy atom. The second-order valence-electron chi connectivity index (χ2n) is 5.10. The Labute approximate surface area is 135 Å². The first-order valence-electron chi connectivity index (χ1n) is 7.11. The van der Waals surface area contributed by atoms with E-state index in [0.717, 1.165) is 25.9 Å². The summed E-state index contributed by atoms with van der Waals surface area (Å²) < 4.78 is 0. The van der Waals surface area contributed by atoms with E-state index in [1.165, 1.54) is 0 Å². The van der Waals surface area contributed by atoms with E-state index in [9.17, 15) is 4.79 Å². The minimum absolute atomic E-state index is 0.104. The van der Waals surface area contributed by atoms with E-state index < -0.39 is 0 Å². The number of carbonyl (C=O) groups excluding carboxylic acids is 1. The lowest BCUT2D eigenvalue weighted by Gasteiger charge is -2.23. The van der Waals surface area contributed by atoms with Crippen molar-refractivity contribution in [2.24, 2.45) is 0 Å². The number of nitrogens with one attached hydrogen (secondary N) is 1. The fourth-order valence-electron chi connectivity index (χ4n) is 2.36. The number of pyridine rings is 1. The first-order valence-corrected chi connectivity index (χ1v) is 7.87. The predicted octanol–water partition coefficient (Wildman–Crippen LogP) is 2.88. The van der Waals surface area contributed by atoms with Crippen molar-refractivity contribution in [3.8, 4) is 0 Å². The molecule has 0 radical (unpaired) electrons. The van der Waals surface area contributed by atoms with E-state index in [4.69, 9.17) is 23.2 Å². The zero-order chi connectivity index (χ0) is 15.4. The van der Waals surface area contributed by atoms with Crippen LogP contribution >= 0.6 is 23.2 Å². The van der Waals surface area contributed by atoms with Gasteiger partial charge in [0.2, 0.25) is 5.91 Å². The zero-order valence-electron chi connectivity index (χ0n) is 12.3. The van der Waals surface area contributed by atoms with Gasteiger partial charge in [0.05, 0.1) is 16.6 Å². The smallest absolute Gasteiger partial charge is 0.242 e. The van der Waals surface area contributed by atoms with Gasteiger partial charge in [0, 0.05) is 26.7 Å². The molecule has 0 unspecified atom stereocenters. The number of rotatable bonds is 5. The molecule has 0 aromatic carbocycles. The molecule has 0 saturated carbocycles. The van der Waals surface area contributed by atoms with Gasteiger partial charge in [-0.3, -0.25) is 4.79 Å². The van der Waals surface area contributed by atoms with Crippen molar-refractivity contribution in [1.82, 2.24) is 9.88 Å². The molecule has 0 aliphatic carbocycles. The molecule has 0 spiro atoms. The highest BCUT2D eigenvalue weighted by atomic mass is 35.5. The van der Waals surface area contributed by atoms with Gasteiger partial charge in [0.25, 0.3) is 0 Å². The Morgan fingerprint density at radius 2 is 2.05 bits per heavy atom. The van der Waals surface area contributed by atoms with Crippen LogP contribution in [-0.2, 0) is 4.79 Å². The number of carbonyl (C=O) groups is 1. The first-order chi connectivity index (χ1) is 10.0. The summed E-state index contributed by atoms with van der Waals surface area (Å²) in [6.07, 6.45) is 2.17. The normalized spacial score (nSPS) is 14.4. The molecular weight excluding hydrogens is 311 g/mol. The number of anilines is 2. The molecule has 2 heterocycles. The van der Waals surface area contributed by atoms with Gasteiger partial charge in [-0.15, -0.1) is 0 Å². The zero-order valence-corrected chi connectivity index (χ0v) is 13.8. The molecule has 1 saturated heterocycles. The van der Waals surface area contributed by atoms with Crippen LogP contribution in [-0.4, -0.2) is 49.0 Å². The second-order valence-corrected chi connectivity index (χ2v) is 5.91. The van der Waals surface area contributed by atoms with Crippen LogP contribution in [0.2, 0.25) is 10.0 Å². The highest BCUT2D eigenvalue weighted by Gasteiger charge is 2.21. The van der Waals surface area contributed by atoms with E-state index in [0.29, 0.717) is 28.2 Å². The van der Waals surface area contributed by atoms with Gasteiger partial charge in [-0.2, -0.15) is 0 Å². The van der Waals surface area contributed by atoms with Crippen molar-refractivity contribution >= 4 is 40.7 Å². The molecule has 1 aromatic rings. The molecule has 1 aliphatic heterocycles. The fraction of sp³-hybridized carbons (Fsp3) is 0.571. The lowest BCUT2D eigenvalue weighted by Crippen LogP contribution is -2.37. The van der Waals surface area contributed by atoms with Crippen LogP contribution < -0.4 is 10.2 Å². The quantitative estimate of drug-likeness (QED) is 0.901. The Balaban J connectivity index is 2.12. The lowest BCUT2D eigenvalue weighted by atomic mass is 10.3. The molecule has 1 amide bonds. The lowest BCUT2D eigenvalue weighted by molar-refractivity contribution is -0.128. The molecular formula is C14H20Cl2N4O. The molecule has 1 aromatic heterocycles. The fourth-order valence-corrected chi connectivity index (χ4v) is 2.93. The molecule has 7 heteroatoms. The van der Waals surface area contributed by atoms with Crippen LogP contribution in [0.1, 0.15) is 19.8 Å². The van der Waals surface area contributed by atoms with Gasteiger partial charge in [0.15, 0.2) is 0 Å². The van der Waals surface area contributed by atoms with Crippen molar-refractivity contribution in [1.29, 1.82) is 0 Å². The number of hydrogen-bond acceptors (Lipinski definition) is 4. The van der Waals surface area contributed by atoms with E-state index in [1.54, 1.807) is 11.0 Å². The SMILES string of the molecule is CCNc1nc(N(C)CC(=O)N2CCCC2)c(Cl)cc1Cl. The van der Waals surface area contributed by atoms with Gasteiger partial charge in [-0.05, 0) is 25.8 Å². The largest absolute Gasteiger partial charge is 0.369 e. The van der Waals surface area contributed by atoms with Gasteiger partial charge >= 0.3 is 0 Å². The minimum Gasteiger partial charge on any atom is -0.369 e. The predicted molar refractivity (Wildman–Crippen MR) is 87.5 cm³/mol. The number of hydrogen-bond donors (Lipinski definition) is 1. The monoisotopic (exact) mass is 330 g/mol. The van der Waals surface area contributed by atoms with Crippen LogP contribution in [0.4, 0.5) is 11.6 Å². The van der Waals surface area contributed by atoms with Crippen LogP contribution in [0, 0.1) is 0 Å². The maximum absolute atomic E-state index is 12.2. The average molecular weight is 331 g/mol. The Hall–Kier alpha value is -1.20. The van der Waals surface area contributed by atoms with Crippen LogP contribution in [0.25, 0.3) is 0 Å². The highest BCUT2D eigenvalue weighted by molar-refractivity contribution is 6.37. The third-order valence-corrected chi connectivity index (χ3v) is 4.01. The van der Waals surface area contributed by atoms with Crippen LogP contribution in [0.15, 0.2) is 6.07 Å². The van der Waals surface area contributed by atoms with Gasteiger partial charge in [-0.25, -0.2) is 4.98 Å². The van der Waals surface area contributed by atoms with E-state index in [1.807, 2.05) is 18.9 Å². The van der Waals surface area contributed by atoms with Crippen molar-refractivity contribution in [3.05, 3.63) is 16.1 Å². The maximum Gasteiger partial charge on any atom is 0.242 e. The van der Waals surface area contributed by atoms with Gasteiger partial charge < -0.3 is 15.1 Å². The number of amides is 1. The Kier molecular flexibility index (Phi) is 5.53. The minimum atomic E-state index is 0.104. The molecule has 2 rings (SSSR count). The summed E-state index contributed by atoms with van der Waals surface area (Å²) in [6, 6.07) is 1.65. The summed E-state index contributed by atoms with van der Waals surface area (Å²) >= 11 is 12.3. The van der Waals surface area contributed by atoms with Crippen molar-refractivity contribution in [2.75, 3.05) is 43.4 Å². The molecule has 21 heavy (non-hydrogen) atoms. The molecule has 5 nitrogen and oxygen atoms in total. The van der Waals surface area contributed by atoms with E-state index in [-0.39, 0.29) is 12.5 Å². The van der Waals surface area contributed by atoms with E-state index >= 15 is 0 Å².